The molecule has 2 heterocycles. The van der Waals surface area contributed by atoms with E-state index in [1.165, 1.54) is 5.56 Å². The summed E-state index contributed by atoms with van der Waals surface area (Å²) in [5.74, 6) is 1.66. The predicted octanol–water partition coefficient (Wildman–Crippen LogP) is 3.11. The number of nitrogens with zero attached hydrogens (tertiary/aromatic N) is 1. The molecule has 1 N–H and O–H groups in total. The van der Waals surface area contributed by atoms with Crippen molar-refractivity contribution in [1.82, 2.24) is 10.3 Å². The number of benzene rings is 1. The third kappa shape index (κ3) is 4.58. The zero-order valence-electron chi connectivity index (χ0n) is 13.8. The number of carbonyl (C=O) groups excluding carboxylic acids is 1. The van der Waals surface area contributed by atoms with E-state index in [-0.39, 0.29) is 12.4 Å². The quantitative estimate of drug-likeness (QED) is 0.784. The summed E-state index contributed by atoms with van der Waals surface area (Å²) in [5, 5.41) is 4.00. The van der Waals surface area contributed by atoms with Crippen LogP contribution in [0.2, 0.25) is 0 Å². The van der Waals surface area contributed by atoms with Crippen LogP contribution in [0.25, 0.3) is 0 Å². The van der Waals surface area contributed by atoms with Gasteiger partial charge in [0, 0.05) is 23.9 Å². The Bertz CT molecular complexity index is 665. The lowest BCUT2D eigenvalue weighted by molar-refractivity contribution is 0.0916. The fraction of sp³-hybridized carbons (Fsp3) is 0.368. The Morgan fingerprint density at radius 2 is 2.04 bits per heavy atom. The van der Waals surface area contributed by atoms with E-state index in [9.17, 15) is 4.79 Å². The minimum absolute atomic E-state index is 0.0141. The van der Waals surface area contributed by atoms with E-state index in [1.807, 2.05) is 30.0 Å². The average molecular weight is 342 g/mol. The number of pyridine rings is 1. The molecule has 1 fully saturated rings. The van der Waals surface area contributed by atoms with Crippen LogP contribution in [0.1, 0.15) is 28.5 Å². The first kappa shape index (κ1) is 17.0. The number of aromatic nitrogens is 1. The summed E-state index contributed by atoms with van der Waals surface area (Å²) in [6.45, 7) is 3.15. The van der Waals surface area contributed by atoms with Crippen molar-refractivity contribution >= 4 is 17.5 Å². The van der Waals surface area contributed by atoms with Crippen LogP contribution in [0.3, 0.4) is 0 Å². The van der Waals surface area contributed by atoms with Crippen LogP contribution in [0.4, 0.5) is 0 Å². The van der Waals surface area contributed by atoms with Gasteiger partial charge >= 0.3 is 0 Å². The first-order chi connectivity index (χ1) is 11.7. The highest BCUT2D eigenvalue weighted by molar-refractivity contribution is 8.00. The van der Waals surface area contributed by atoms with E-state index in [1.54, 1.807) is 12.3 Å². The van der Waals surface area contributed by atoms with Crippen LogP contribution in [-0.4, -0.2) is 35.0 Å². The number of Topliss-reactive ketones (excluding diaryl/α,β-unsaturated/α-hetero) is 1. The lowest BCUT2D eigenvalue weighted by Crippen LogP contribution is -2.15. The molecule has 2 aromatic rings. The Morgan fingerprint density at radius 3 is 2.67 bits per heavy atom. The molecule has 4 nitrogen and oxygen atoms in total. The van der Waals surface area contributed by atoms with Crippen LogP contribution in [0.5, 0.6) is 5.75 Å². The Balaban J connectivity index is 1.50. The summed E-state index contributed by atoms with van der Waals surface area (Å²) >= 11 is 1.96. The van der Waals surface area contributed by atoms with Gasteiger partial charge in [-0.2, -0.15) is 0 Å². The van der Waals surface area contributed by atoms with E-state index in [0.717, 1.165) is 36.6 Å². The Labute approximate surface area is 147 Å². The largest absolute Gasteiger partial charge is 0.485 e. The summed E-state index contributed by atoms with van der Waals surface area (Å²) in [6, 6.07) is 11.7. The van der Waals surface area contributed by atoms with Crippen LogP contribution in [0.15, 0.2) is 42.6 Å². The molecule has 0 aliphatic carbocycles. The predicted molar refractivity (Wildman–Crippen MR) is 97.8 cm³/mol. The summed E-state index contributed by atoms with van der Waals surface area (Å²) in [7, 11) is 0. The number of aryl methyl sites for hydroxylation is 1. The van der Waals surface area contributed by atoms with Crippen LogP contribution >= 0.6 is 11.8 Å². The minimum atomic E-state index is -0.102. The number of nitrogens with one attached hydrogen (secondary N) is 1. The number of thioether (sulfide) groups is 1. The molecule has 0 saturated carbocycles. The van der Waals surface area contributed by atoms with Gasteiger partial charge in [-0.15, -0.1) is 11.8 Å². The molecule has 3 rings (SSSR count). The van der Waals surface area contributed by atoms with Gasteiger partial charge in [-0.1, -0.05) is 25.1 Å². The van der Waals surface area contributed by atoms with Crippen molar-refractivity contribution in [1.29, 1.82) is 0 Å². The number of ketones is 1. The number of hydrogen-bond acceptors (Lipinski definition) is 5. The molecule has 1 atom stereocenters. The molecule has 0 radical (unpaired) electrons. The van der Waals surface area contributed by atoms with Crippen LogP contribution < -0.4 is 10.1 Å². The summed E-state index contributed by atoms with van der Waals surface area (Å²) in [6.07, 6.45) is 3.72. The van der Waals surface area contributed by atoms with Gasteiger partial charge in [-0.05, 0) is 42.2 Å². The van der Waals surface area contributed by atoms with Crippen LogP contribution in [-0.2, 0) is 12.8 Å². The number of hydrogen-bond donors (Lipinski definition) is 1. The lowest BCUT2D eigenvalue weighted by Gasteiger charge is -2.09. The van der Waals surface area contributed by atoms with Crippen molar-refractivity contribution < 1.29 is 9.53 Å². The molecule has 5 heteroatoms. The van der Waals surface area contributed by atoms with Crippen LogP contribution in [0, 0.1) is 0 Å². The molecule has 1 aliphatic heterocycles. The van der Waals surface area contributed by atoms with E-state index < -0.39 is 0 Å². The highest BCUT2D eigenvalue weighted by Gasteiger charge is 2.15. The number of ether oxygens (including phenoxy) is 1. The molecule has 0 spiro atoms. The van der Waals surface area contributed by atoms with Crippen molar-refractivity contribution in [3.63, 3.8) is 0 Å². The van der Waals surface area contributed by atoms with Gasteiger partial charge in [-0.25, -0.2) is 0 Å². The topological polar surface area (TPSA) is 51.2 Å². The third-order valence-electron chi connectivity index (χ3n) is 4.07. The normalized spacial score (nSPS) is 17.0. The molecule has 1 unspecified atom stereocenters. The maximum Gasteiger partial charge on any atom is 0.218 e. The van der Waals surface area contributed by atoms with Gasteiger partial charge < -0.3 is 10.1 Å². The second kappa shape index (κ2) is 8.31. The zero-order chi connectivity index (χ0) is 16.8. The average Bonchev–Trinajstić information content (AvgIpc) is 3.14. The molecular formula is C19H22N2O2S. The van der Waals surface area contributed by atoms with Gasteiger partial charge in [0.15, 0.2) is 6.61 Å². The van der Waals surface area contributed by atoms with Gasteiger partial charge in [0.05, 0.1) is 0 Å². The molecule has 1 aliphatic rings. The fourth-order valence-corrected chi connectivity index (χ4v) is 3.61. The zero-order valence-corrected chi connectivity index (χ0v) is 14.6. The molecule has 0 amide bonds. The third-order valence-corrected chi connectivity index (χ3v) is 5.24. The van der Waals surface area contributed by atoms with E-state index >= 15 is 0 Å². The Morgan fingerprint density at radius 1 is 1.25 bits per heavy atom. The van der Waals surface area contributed by atoms with Crippen molar-refractivity contribution in [2.75, 3.05) is 19.0 Å². The van der Waals surface area contributed by atoms with Crippen molar-refractivity contribution in [3.8, 4) is 5.75 Å². The molecular weight excluding hydrogens is 320 g/mol. The molecule has 126 valence electrons. The second-order valence-corrected chi connectivity index (χ2v) is 7.14. The summed E-state index contributed by atoms with van der Waals surface area (Å²) < 4.78 is 5.60. The maximum absolute atomic E-state index is 12.1. The number of rotatable bonds is 7. The SMILES string of the molecule is CCc1ccc(C(=O)COc2ccc(CC3CNCS3)cc2)nc1. The van der Waals surface area contributed by atoms with E-state index in [2.05, 4.69) is 29.4 Å². The minimum Gasteiger partial charge on any atom is -0.485 e. The van der Waals surface area contributed by atoms with Crippen molar-refractivity contribution in [3.05, 3.63) is 59.4 Å². The van der Waals surface area contributed by atoms with Gasteiger partial charge in [0.1, 0.15) is 11.4 Å². The van der Waals surface area contributed by atoms with Gasteiger partial charge in [0.2, 0.25) is 5.78 Å². The molecule has 24 heavy (non-hydrogen) atoms. The van der Waals surface area contributed by atoms with Gasteiger partial charge in [-0.3, -0.25) is 9.78 Å². The second-order valence-electron chi connectivity index (χ2n) is 5.85. The van der Waals surface area contributed by atoms with Gasteiger partial charge in [0.25, 0.3) is 0 Å². The van der Waals surface area contributed by atoms with E-state index in [4.69, 9.17) is 4.74 Å². The highest BCUT2D eigenvalue weighted by Crippen LogP contribution is 2.21. The molecule has 1 aromatic carbocycles. The first-order valence-electron chi connectivity index (χ1n) is 8.27. The Kier molecular flexibility index (Phi) is 5.88. The lowest BCUT2D eigenvalue weighted by atomic mass is 10.1. The van der Waals surface area contributed by atoms with Crippen molar-refractivity contribution in [2.24, 2.45) is 0 Å². The summed E-state index contributed by atoms with van der Waals surface area (Å²) in [4.78, 5) is 16.3. The number of carbonyl (C=O) groups is 1. The maximum atomic E-state index is 12.1. The Hall–Kier alpha value is -1.85. The highest BCUT2D eigenvalue weighted by atomic mass is 32.2. The summed E-state index contributed by atoms with van der Waals surface area (Å²) in [5.41, 5.74) is 2.87. The monoisotopic (exact) mass is 342 g/mol. The molecule has 0 bridgehead atoms. The fourth-order valence-electron chi connectivity index (χ4n) is 2.59. The molecule has 1 aromatic heterocycles. The standard InChI is InChI=1S/C19H22N2O2S/c1-2-14-5-8-18(21-10-14)19(22)12-23-16-6-3-15(4-7-16)9-17-11-20-13-24-17/h3-8,10,17,20H,2,9,11-13H2,1H3. The first-order valence-corrected chi connectivity index (χ1v) is 9.31. The van der Waals surface area contributed by atoms with Crippen molar-refractivity contribution in [2.45, 2.75) is 25.0 Å². The molecule has 1 saturated heterocycles. The van der Waals surface area contributed by atoms with E-state index in [0.29, 0.717) is 10.9 Å². The smallest absolute Gasteiger partial charge is 0.218 e.